The van der Waals surface area contributed by atoms with Gasteiger partial charge in [-0.05, 0) is 53.0 Å². The quantitative estimate of drug-likeness (QED) is 0.0417. The van der Waals surface area contributed by atoms with E-state index in [4.69, 9.17) is 16.2 Å². The summed E-state index contributed by atoms with van der Waals surface area (Å²) in [6, 6.07) is -11.1. The summed E-state index contributed by atoms with van der Waals surface area (Å²) in [5, 5.41) is 48.6. The molecule has 67 heavy (non-hydrogen) atoms. The third-order valence-electron chi connectivity index (χ3n) is 10.8. The Balaban J connectivity index is 3.44. The number of ether oxygens (including phenoxy) is 1. The Labute approximate surface area is 391 Å². The lowest BCUT2D eigenvalue weighted by atomic mass is 10.0. The summed E-state index contributed by atoms with van der Waals surface area (Å²) in [7, 11) is 0. The molecule has 382 valence electrons. The van der Waals surface area contributed by atoms with Crippen molar-refractivity contribution in [2.75, 3.05) is 26.3 Å². The molecule has 0 spiro atoms. The fourth-order valence-corrected chi connectivity index (χ4v) is 6.87. The van der Waals surface area contributed by atoms with E-state index < -0.39 is 140 Å². The number of hydrogen-bond donors (Lipinski definition) is 13. The lowest BCUT2D eigenvalue weighted by Gasteiger charge is -2.26. The number of aliphatic hydroxyl groups excluding tert-OH is 3. The van der Waals surface area contributed by atoms with Crippen LogP contribution < -0.4 is 54.0 Å². The fourth-order valence-electron chi connectivity index (χ4n) is 6.87. The number of unbranched alkanes of at least 4 members (excludes halogenated alkanes) is 10. The van der Waals surface area contributed by atoms with E-state index in [-0.39, 0.29) is 32.2 Å². The molecule has 9 amide bonds. The zero-order valence-electron chi connectivity index (χ0n) is 39.3. The zero-order chi connectivity index (χ0) is 50.5. The van der Waals surface area contributed by atoms with E-state index in [9.17, 15) is 63.3 Å². The minimum absolute atomic E-state index is 0.0167. The van der Waals surface area contributed by atoms with Crippen LogP contribution >= 0.6 is 0 Å². The Morgan fingerprint density at radius 2 is 1.07 bits per heavy atom. The molecule has 24 heteroatoms. The summed E-state index contributed by atoms with van der Waals surface area (Å²) in [5.74, 6) is -10.2. The van der Waals surface area contributed by atoms with Gasteiger partial charge in [0.2, 0.25) is 53.2 Å². The molecule has 0 aliphatic carbocycles. The second-order valence-electron chi connectivity index (χ2n) is 16.8. The van der Waals surface area contributed by atoms with E-state index in [0.717, 1.165) is 39.0 Å². The van der Waals surface area contributed by atoms with Crippen LogP contribution in [0.15, 0.2) is 0 Å². The molecular formula is C43H76N10O14. The van der Waals surface area contributed by atoms with Gasteiger partial charge in [0.15, 0.2) is 0 Å². The van der Waals surface area contributed by atoms with Crippen LogP contribution in [0.3, 0.4) is 0 Å². The van der Waals surface area contributed by atoms with Gasteiger partial charge in [-0.2, -0.15) is 0 Å². The SMILES string of the molecule is CCCCCCCCCCCCCC1CC(=O)NC(C)C(=O)NC(CCCN)C(=O)NC(C)C(=O)NC(CO)C(=O)NC(CO)C(=O)NC(CC(N)=O)C(=O)NC(C(C)O)C(=O)NCC(=O)O1. The summed E-state index contributed by atoms with van der Waals surface area (Å²) in [5.41, 5.74) is 10.9. The van der Waals surface area contributed by atoms with E-state index in [0.29, 0.717) is 6.42 Å². The van der Waals surface area contributed by atoms with Crippen molar-refractivity contribution >= 4 is 59.1 Å². The standard InChI is InChI=1S/C43H76N10O14/c1-5-6-7-8-9-10-11-12-13-14-15-17-28-20-34(58)47-25(2)37(60)49-29(18-16-19-44)39(62)48-26(3)38(61)51-31(23-54)42(65)52-32(24-55)41(64)50-30(21-33(45)57)40(63)53-36(27(4)56)43(66)46-22-35(59)67-28/h25-32,36,54-56H,5-24,44H2,1-4H3,(H2,45,57)(H,46,66)(H,47,58)(H,48,62)(H,49,60)(H,50,64)(H,51,61)(H,52,65)(H,53,63). The molecule has 1 rings (SSSR count). The number of carbonyl (C=O) groups is 10. The molecular weight excluding hydrogens is 881 g/mol. The first-order valence-electron chi connectivity index (χ1n) is 23.2. The molecule has 0 bridgehead atoms. The van der Waals surface area contributed by atoms with E-state index in [2.05, 4.69) is 49.5 Å². The molecule has 0 aromatic heterocycles. The number of amides is 9. The summed E-state index contributed by atoms with van der Waals surface area (Å²) in [4.78, 5) is 131. The number of rotatable bonds is 20. The van der Waals surface area contributed by atoms with Crippen molar-refractivity contribution in [2.24, 2.45) is 11.5 Å². The molecule has 1 aliphatic heterocycles. The smallest absolute Gasteiger partial charge is 0.325 e. The fraction of sp³-hybridized carbons (Fsp3) is 0.767. The topological polar surface area (TPSA) is 389 Å². The van der Waals surface area contributed by atoms with Crippen molar-refractivity contribution in [2.45, 2.75) is 185 Å². The van der Waals surface area contributed by atoms with Gasteiger partial charge in [0.25, 0.3) is 0 Å². The number of cyclic esters (lactones) is 1. The summed E-state index contributed by atoms with van der Waals surface area (Å²) in [6.07, 6.45) is 8.15. The first-order chi connectivity index (χ1) is 31.8. The van der Waals surface area contributed by atoms with Crippen molar-refractivity contribution in [1.29, 1.82) is 0 Å². The third-order valence-corrected chi connectivity index (χ3v) is 10.8. The van der Waals surface area contributed by atoms with Crippen LogP contribution in [0.1, 0.15) is 130 Å². The predicted octanol–water partition coefficient (Wildman–Crippen LogP) is -3.47. The van der Waals surface area contributed by atoms with Gasteiger partial charge in [-0.15, -0.1) is 0 Å². The van der Waals surface area contributed by atoms with Gasteiger partial charge in [0, 0.05) is 0 Å². The van der Waals surface area contributed by atoms with Crippen LogP contribution in [0, 0.1) is 0 Å². The van der Waals surface area contributed by atoms with Crippen LogP contribution in [0.25, 0.3) is 0 Å². The zero-order valence-corrected chi connectivity index (χ0v) is 39.3. The van der Waals surface area contributed by atoms with Crippen molar-refractivity contribution in [1.82, 2.24) is 42.5 Å². The molecule has 0 saturated carbocycles. The number of nitrogens with one attached hydrogen (secondary N) is 8. The minimum Gasteiger partial charge on any atom is -0.461 e. The lowest BCUT2D eigenvalue weighted by Crippen LogP contribution is -2.61. The van der Waals surface area contributed by atoms with Gasteiger partial charge < -0.3 is 74.1 Å². The van der Waals surface area contributed by atoms with E-state index in [1.165, 1.54) is 46.0 Å². The maximum atomic E-state index is 13.4. The number of aliphatic hydroxyl groups is 3. The molecule has 0 radical (unpaired) electrons. The lowest BCUT2D eigenvalue weighted by molar-refractivity contribution is -0.151. The molecule has 9 atom stereocenters. The highest BCUT2D eigenvalue weighted by molar-refractivity contribution is 5.98. The van der Waals surface area contributed by atoms with Gasteiger partial charge in [-0.25, -0.2) is 0 Å². The molecule has 1 saturated heterocycles. The highest BCUT2D eigenvalue weighted by Crippen LogP contribution is 2.15. The monoisotopic (exact) mass is 957 g/mol. The van der Waals surface area contributed by atoms with Crippen molar-refractivity contribution in [3.8, 4) is 0 Å². The molecule has 15 N–H and O–H groups in total. The summed E-state index contributed by atoms with van der Waals surface area (Å²) >= 11 is 0. The van der Waals surface area contributed by atoms with Crippen LogP contribution in [0.4, 0.5) is 0 Å². The molecule has 1 fully saturated rings. The summed E-state index contributed by atoms with van der Waals surface area (Å²) in [6.45, 7) is 3.10. The number of esters is 1. The van der Waals surface area contributed by atoms with Crippen molar-refractivity contribution in [3.63, 3.8) is 0 Å². The molecule has 0 aromatic carbocycles. The van der Waals surface area contributed by atoms with Crippen LogP contribution in [0.5, 0.6) is 0 Å². The largest absolute Gasteiger partial charge is 0.461 e. The molecule has 1 heterocycles. The van der Waals surface area contributed by atoms with Gasteiger partial charge >= 0.3 is 5.97 Å². The Kier molecular flexibility index (Phi) is 29.4. The Morgan fingerprint density at radius 1 is 0.612 bits per heavy atom. The molecule has 24 nitrogen and oxygen atoms in total. The Morgan fingerprint density at radius 3 is 1.58 bits per heavy atom. The number of carbonyl (C=O) groups excluding carboxylic acids is 10. The van der Waals surface area contributed by atoms with Gasteiger partial charge in [-0.1, -0.05) is 71.1 Å². The highest BCUT2D eigenvalue weighted by atomic mass is 16.5. The molecule has 9 unspecified atom stereocenters. The van der Waals surface area contributed by atoms with Gasteiger partial charge in [0.1, 0.15) is 54.9 Å². The van der Waals surface area contributed by atoms with Gasteiger partial charge in [-0.3, -0.25) is 47.9 Å². The van der Waals surface area contributed by atoms with Crippen LogP contribution in [0.2, 0.25) is 0 Å². The number of nitrogens with two attached hydrogens (primary N) is 2. The van der Waals surface area contributed by atoms with E-state index >= 15 is 0 Å². The Bertz CT molecular complexity index is 1640. The summed E-state index contributed by atoms with van der Waals surface area (Å²) < 4.78 is 5.60. The highest BCUT2D eigenvalue weighted by Gasteiger charge is 2.35. The second kappa shape index (κ2) is 33.1. The van der Waals surface area contributed by atoms with Crippen LogP contribution in [-0.4, -0.2) is 155 Å². The van der Waals surface area contributed by atoms with Crippen LogP contribution in [-0.2, 0) is 52.7 Å². The van der Waals surface area contributed by atoms with E-state index in [1.807, 2.05) is 0 Å². The Hall–Kier alpha value is -5.46. The van der Waals surface area contributed by atoms with E-state index in [1.54, 1.807) is 0 Å². The maximum Gasteiger partial charge on any atom is 0.325 e. The average Bonchev–Trinajstić information content (AvgIpc) is 3.27. The average molecular weight is 957 g/mol. The second-order valence-corrected chi connectivity index (χ2v) is 16.8. The molecule has 0 aromatic rings. The predicted molar refractivity (Wildman–Crippen MR) is 241 cm³/mol. The van der Waals surface area contributed by atoms with Gasteiger partial charge in [0.05, 0.1) is 32.2 Å². The first kappa shape index (κ1) is 59.6. The van der Waals surface area contributed by atoms with Crippen molar-refractivity contribution in [3.05, 3.63) is 0 Å². The normalized spacial score (nSPS) is 25.6. The molecule has 1 aliphatic rings. The third kappa shape index (κ3) is 24.2. The number of primary amides is 1. The maximum absolute atomic E-state index is 13.4. The first-order valence-corrected chi connectivity index (χ1v) is 23.2. The van der Waals surface area contributed by atoms with Crippen molar-refractivity contribution < 1.29 is 68.0 Å². The number of hydrogen-bond acceptors (Lipinski definition) is 15. The minimum atomic E-state index is -1.86.